The summed E-state index contributed by atoms with van der Waals surface area (Å²) in [4.78, 5) is 27.7. The van der Waals surface area contributed by atoms with Gasteiger partial charge in [-0.3, -0.25) is 9.69 Å². The number of carboxylic acids is 1. The number of hydrogen-bond donors (Lipinski definition) is 1. The van der Waals surface area contributed by atoms with Crippen molar-refractivity contribution in [3.63, 3.8) is 0 Å². The molecule has 5 rings (SSSR count). The molecule has 2 aliphatic rings. The third kappa shape index (κ3) is 5.25. The van der Waals surface area contributed by atoms with Crippen LogP contribution >= 0.6 is 11.3 Å². The maximum absolute atomic E-state index is 13.8. The van der Waals surface area contributed by atoms with E-state index in [-0.39, 0.29) is 23.9 Å². The highest BCUT2D eigenvalue weighted by Gasteiger charge is 2.41. The molecule has 2 aliphatic heterocycles. The normalized spacial score (nSPS) is 19.2. The number of ether oxygens (including phenoxy) is 2. The average Bonchev–Trinajstić information content (AvgIpc) is 3.40. The Kier molecular flexibility index (Phi) is 7.49. The van der Waals surface area contributed by atoms with E-state index in [1.165, 1.54) is 24.5 Å². The van der Waals surface area contributed by atoms with Crippen LogP contribution in [0.3, 0.4) is 0 Å². The molecule has 0 spiro atoms. The number of rotatable bonds is 6. The lowest BCUT2D eigenvalue weighted by molar-refractivity contribution is -0.138. The lowest BCUT2D eigenvalue weighted by atomic mass is 10.0. The fraction of sp³-hybridized carbons (Fsp3) is 0.370. The average molecular weight is 576 g/mol. The Morgan fingerprint density at radius 2 is 1.95 bits per heavy atom. The van der Waals surface area contributed by atoms with E-state index in [1.807, 2.05) is 23.3 Å². The maximum Gasteiger partial charge on any atom is 0.416 e. The zero-order valence-electron chi connectivity index (χ0n) is 22.1. The van der Waals surface area contributed by atoms with E-state index >= 15 is 0 Å². The summed E-state index contributed by atoms with van der Waals surface area (Å²) in [5.74, 6) is 0.907. The van der Waals surface area contributed by atoms with Crippen LogP contribution < -0.4 is 19.3 Å². The summed E-state index contributed by atoms with van der Waals surface area (Å²) in [5.41, 5.74) is -0.153. The van der Waals surface area contributed by atoms with E-state index in [4.69, 9.17) is 14.5 Å². The van der Waals surface area contributed by atoms with Crippen LogP contribution in [0.25, 0.3) is 0 Å². The van der Waals surface area contributed by atoms with Crippen LogP contribution in [0.15, 0.2) is 53.0 Å². The number of hydrogen-bond acceptors (Lipinski definition) is 9. The maximum atomic E-state index is 13.8. The first-order chi connectivity index (χ1) is 19.1. The molecule has 2 atom stereocenters. The molecule has 1 aromatic carbocycles. The van der Waals surface area contributed by atoms with Crippen LogP contribution in [0, 0.1) is 0 Å². The number of methoxy groups -OCH3 is 2. The van der Waals surface area contributed by atoms with Crippen molar-refractivity contribution in [3.05, 3.63) is 58.4 Å². The van der Waals surface area contributed by atoms with Crippen molar-refractivity contribution in [2.45, 2.75) is 31.6 Å². The molecule has 13 heteroatoms. The lowest BCUT2D eigenvalue weighted by Gasteiger charge is -2.46. The second-order valence-electron chi connectivity index (χ2n) is 9.49. The Hall–Kier alpha value is -4.00. The predicted octanol–water partition coefficient (Wildman–Crippen LogP) is 5.41. The second-order valence-corrected chi connectivity index (χ2v) is 10.4. The number of aliphatic carboxylic acids is 1. The number of alkyl halides is 3. The molecule has 40 heavy (non-hydrogen) atoms. The highest BCUT2D eigenvalue weighted by molar-refractivity contribution is 7.10. The lowest BCUT2D eigenvalue weighted by Crippen LogP contribution is -2.58. The van der Waals surface area contributed by atoms with E-state index in [1.54, 1.807) is 30.3 Å². The smallest absolute Gasteiger partial charge is 0.416 e. The SMILES string of the molecule is COc1ccnc(N2CCN(C3=Nc4ccsc4[C@@H](CC(=O)O)N3c3cc(C(F)(F)F)ccc3OC)C[C@H]2C)c1. The zero-order chi connectivity index (χ0) is 28.6. The Morgan fingerprint density at radius 3 is 2.62 bits per heavy atom. The van der Waals surface area contributed by atoms with Crippen molar-refractivity contribution < 1.29 is 32.5 Å². The van der Waals surface area contributed by atoms with Crippen molar-refractivity contribution in [2.24, 2.45) is 4.99 Å². The largest absolute Gasteiger partial charge is 0.497 e. The summed E-state index contributed by atoms with van der Waals surface area (Å²) in [6.07, 6.45) is -3.27. The Bertz CT molecular complexity index is 1430. The minimum absolute atomic E-state index is 0.0527. The van der Waals surface area contributed by atoms with Gasteiger partial charge in [-0.05, 0) is 42.6 Å². The first-order valence-corrected chi connectivity index (χ1v) is 13.4. The molecule has 9 nitrogen and oxygen atoms in total. The van der Waals surface area contributed by atoms with Crippen LogP contribution in [0.2, 0.25) is 0 Å². The molecular formula is C27H28F3N5O4S. The molecule has 1 fully saturated rings. The van der Waals surface area contributed by atoms with Crippen LogP contribution in [0.5, 0.6) is 11.5 Å². The standard InChI is InChI=1S/C27H28F3N5O4S/c1-16-15-33(9-10-34(16)23-13-18(38-2)6-8-31-23)26-32-19-7-11-40-25(19)21(14-24(36)37)35(26)20-12-17(27(28,29)30)4-5-22(20)39-3/h4-8,11-13,16,21H,9-10,14-15H2,1-3H3,(H,36,37)/t16-,21-/m1/s1. The summed E-state index contributed by atoms with van der Waals surface area (Å²) in [5, 5.41) is 11.6. The molecule has 0 amide bonds. The van der Waals surface area contributed by atoms with Crippen LogP contribution in [0.1, 0.15) is 29.8 Å². The van der Waals surface area contributed by atoms with Gasteiger partial charge in [0.1, 0.15) is 17.3 Å². The summed E-state index contributed by atoms with van der Waals surface area (Å²) in [7, 11) is 2.96. The first kappa shape index (κ1) is 27.6. The molecule has 2 aromatic heterocycles. The van der Waals surface area contributed by atoms with E-state index in [9.17, 15) is 23.1 Å². The minimum atomic E-state index is -4.60. The molecule has 0 saturated carbocycles. The number of fused-ring (bicyclic) bond motifs is 1. The molecular weight excluding hydrogens is 547 g/mol. The second kappa shape index (κ2) is 10.9. The number of aliphatic imine (C=N–C) groups is 1. The van der Waals surface area contributed by atoms with Gasteiger partial charge in [0.25, 0.3) is 0 Å². The number of guanidine groups is 1. The van der Waals surface area contributed by atoms with Gasteiger partial charge in [-0.25, -0.2) is 9.98 Å². The van der Waals surface area contributed by atoms with Gasteiger partial charge in [-0.1, -0.05) is 0 Å². The van der Waals surface area contributed by atoms with Crippen LogP contribution in [-0.4, -0.2) is 66.8 Å². The molecule has 0 bridgehead atoms. The quantitative estimate of drug-likeness (QED) is 0.417. The highest BCUT2D eigenvalue weighted by Crippen LogP contribution is 2.47. The number of benzene rings is 1. The molecule has 1 N–H and O–H groups in total. The van der Waals surface area contributed by atoms with Crippen molar-refractivity contribution >= 4 is 40.5 Å². The highest BCUT2D eigenvalue weighted by atomic mass is 32.1. The van der Waals surface area contributed by atoms with Gasteiger partial charge >= 0.3 is 12.1 Å². The fourth-order valence-electron chi connectivity index (χ4n) is 5.14. The van der Waals surface area contributed by atoms with Gasteiger partial charge in [0.15, 0.2) is 0 Å². The Labute approximate surface area is 233 Å². The topological polar surface area (TPSA) is 90.7 Å². The van der Waals surface area contributed by atoms with Gasteiger partial charge in [0.2, 0.25) is 5.96 Å². The van der Waals surface area contributed by atoms with Gasteiger partial charge in [0.05, 0.1) is 48.5 Å². The number of aromatic nitrogens is 1. The Balaban J connectivity index is 1.58. The number of carbonyl (C=O) groups is 1. The van der Waals surface area contributed by atoms with Crippen molar-refractivity contribution in [1.82, 2.24) is 9.88 Å². The monoisotopic (exact) mass is 575 g/mol. The third-order valence-electron chi connectivity index (χ3n) is 7.01. The van der Waals surface area contributed by atoms with Gasteiger partial charge in [-0.2, -0.15) is 13.2 Å². The van der Waals surface area contributed by atoms with Crippen molar-refractivity contribution in [2.75, 3.05) is 43.7 Å². The van der Waals surface area contributed by atoms with Gasteiger partial charge in [0, 0.05) is 37.9 Å². The van der Waals surface area contributed by atoms with E-state index in [0.29, 0.717) is 41.9 Å². The van der Waals surface area contributed by atoms with Crippen molar-refractivity contribution in [1.29, 1.82) is 0 Å². The molecule has 0 radical (unpaired) electrons. The molecule has 1 saturated heterocycles. The van der Waals surface area contributed by atoms with Gasteiger partial charge in [-0.15, -0.1) is 11.3 Å². The first-order valence-electron chi connectivity index (χ1n) is 12.5. The molecule has 4 heterocycles. The van der Waals surface area contributed by atoms with E-state index in [0.717, 1.165) is 18.0 Å². The number of halogens is 3. The van der Waals surface area contributed by atoms with Crippen molar-refractivity contribution in [3.8, 4) is 11.5 Å². The van der Waals surface area contributed by atoms with Crippen LogP contribution in [0.4, 0.5) is 30.4 Å². The number of thiophene rings is 1. The Morgan fingerprint density at radius 1 is 1.15 bits per heavy atom. The van der Waals surface area contributed by atoms with E-state index < -0.39 is 23.8 Å². The van der Waals surface area contributed by atoms with Gasteiger partial charge < -0.3 is 24.4 Å². The molecule has 3 aromatic rings. The molecule has 0 aliphatic carbocycles. The summed E-state index contributed by atoms with van der Waals surface area (Å²) in [6, 6.07) is 7.79. The van der Waals surface area contributed by atoms with Crippen LogP contribution in [-0.2, 0) is 11.0 Å². The molecule has 212 valence electrons. The summed E-state index contributed by atoms with van der Waals surface area (Å²) >= 11 is 1.33. The summed E-state index contributed by atoms with van der Waals surface area (Å²) < 4.78 is 52.3. The number of pyridine rings is 1. The third-order valence-corrected chi connectivity index (χ3v) is 8.02. The molecule has 0 unspecified atom stereocenters. The minimum Gasteiger partial charge on any atom is -0.497 e. The number of nitrogens with zero attached hydrogens (tertiary/aromatic N) is 5. The number of carboxylic acid groups (broad SMARTS) is 1. The number of piperazine rings is 1. The number of anilines is 2. The van der Waals surface area contributed by atoms with E-state index in [2.05, 4.69) is 9.88 Å². The fourth-order valence-corrected chi connectivity index (χ4v) is 6.06. The zero-order valence-corrected chi connectivity index (χ0v) is 22.9. The summed E-state index contributed by atoms with van der Waals surface area (Å²) in [6.45, 7) is 3.51. The predicted molar refractivity (Wildman–Crippen MR) is 146 cm³/mol.